The van der Waals surface area contributed by atoms with Gasteiger partial charge >= 0.3 is 6.18 Å². The molecule has 0 amide bonds. The first-order valence-electron chi connectivity index (χ1n) is 16.4. The molecule has 4 aromatic rings. The summed E-state index contributed by atoms with van der Waals surface area (Å²) in [5.41, 5.74) is 1.33. The van der Waals surface area contributed by atoms with Gasteiger partial charge in [-0.2, -0.15) is 13.2 Å². The maximum Gasteiger partial charge on any atom is 0.416 e. The molecule has 6 rings (SSSR count). The summed E-state index contributed by atoms with van der Waals surface area (Å²) in [7, 11) is 2.71. The normalized spacial score (nSPS) is 19.6. The summed E-state index contributed by atoms with van der Waals surface area (Å²) in [6.45, 7) is -0.0802. The number of benzene rings is 2. The minimum Gasteiger partial charge on any atom is -0.497 e. The Hall–Kier alpha value is -4.43. The van der Waals surface area contributed by atoms with E-state index in [1.165, 1.54) is 55.4 Å². The fourth-order valence-electron chi connectivity index (χ4n) is 6.58. The molecular weight excluding hydrogens is 671 g/mol. The number of likely N-dealkylation sites (N-methyl/N-ethyl adjacent to an activating group) is 1. The van der Waals surface area contributed by atoms with Crippen LogP contribution in [0.25, 0.3) is 0 Å². The summed E-state index contributed by atoms with van der Waals surface area (Å²) in [5.74, 6) is 1.61. The van der Waals surface area contributed by atoms with Crippen LogP contribution in [-0.2, 0) is 22.7 Å². The Morgan fingerprint density at radius 3 is 2.36 bits per heavy atom. The molecule has 0 aliphatic heterocycles. The number of pyridine rings is 1. The number of sulfonamides is 1. The molecule has 0 unspecified atom stereocenters. The van der Waals surface area contributed by atoms with Crippen LogP contribution in [0.15, 0.2) is 78.2 Å². The standard InChI is InChI=1S/C36H40F3N5O5S/c1-43(2)31-17-25(24-6-5-7-27(16-24)36(37,38)39)11-13-32(31)49-35-30(23-8-9-23)19-29(20-41-35)50(45,46)44(34-14-15-40-22-42-34)21-26-10-12-28(47-3)18-33(26)48-4/h5-7,10,12,14-16,18-20,22-23,25,31-32H,8-9,11,13,17,21H2,1-4H3/t25-,31-,32-/m0/s1. The fourth-order valence-corrected chi connectivity index (χ4v) is 7.95. The van der Waals surface area contributed by atoms with E-state index >= 15 is 0 Å². The Balaban J connectivity index is 1.28. The largest absolute Gasteiger partial charge is 0.497 e. The fraction of sp³-hybridized carbons (Fsp3) is 0.417. The first kappa shape index (κ1) is 35.4. The second-order valence-electron chi connectivity index (χ2n) is 12.9. The van der Waals surface area contributed by atoms with Gasteiger partial charge in [0, 0.05) is 35.5 Å². The van der Waals surface area contributed by atoms with Crippen molar-refractivity contribution in [3.05, 3.63) is 95.6 Å². The van der Waals surface area contributed by atoms with Gasteiger partial charge in [-0.05, 0) is 87.9 Å². The molecule has 0 bridgehead atoms. The number of anilines is 1. The smallest absolute Gasteiger partial charge is 0.416 e. The molecule has 0 N–H and O–H groups in total. The predicted molar refractivity (Wildman–Crippen MR) is 181 cm³/mol. The molecule has 2 heterocycles. The van der Waals surface area contributed by atoms with E-state index in [1.54, 1.807) is 30.3 Å². The summed E-state index contributed by atoms with van der Waals surface area (Å²) >= 11 is 0. The third kappa shape index (κ3) is 7.65. The highest BCUT2D eigenvalue weighted by Gasteiger charge is 2.38. The lowest BCUT2D eigenvalue weighted by Crippen LogP contribution is -2.46. The van der Waals surface area contributed by atoms with E-state index in [2.05, 4.69) is 15.0 Å². The Labute approximate surface area is 290 Å². The average Bonchev–Trinajstić information content (AvgIpc) is 3.96. The van der Waals surface area contributed by atoms with Crippen molar-refractivity contribution in [2.45, 2.75) is 73.7 Å². The van der Waals surface area contributed by atoms with Crippen LogP contribution in [0, 0.1) is 0 Å². The lowest BCUT2D eigenvalue weighted by molar-refractivity contribution is -0.137. The Morgan fingerprint density at radius 2 is 1.70 bits per heavy atom. The Kier molecular flexibility index (Phi) is 10.2. The number of ether oxygens (including phenoxy) is 3. The summed E-state index contributed by atoms with van der Waals surface area (Å²) in [5, 5.41) is 0. The molecule has 266 valence electrons. The summed E-state index contributed by atoms with van der Waals surface area (Å²) in [4.78, 5) is 14.9. The van der Waals surface area contributed by atoms with Crippen molar-refractivity contribution in [3.8, 4) is 17.4 Å². The topological polar surface area (TPSA) is 107 Å². The first-order chi connectivity index (χ1) is 23.9. The van der Waals surface area contributed by atoms with Crippen molar-refractivity contribution in [3.63, 3.8) is 0 Å². The zero-order chi connectivity index (χ0) is 35.6. The molecule has 2 aliphatic rings. The van der Waals surface area contributed by atoms with E-state index in [1.807, 2.05) is 19.0 Å². The van der Waals surface area contributed by atoms with Crippen LogP contribution in [-0.4, -0.2) is 68.7 Å². The van der Waals surface area contributed by atoms with E-state index < -0.39 is 21.8 Å². The third-order valence-corrected chi connectivity index (χ3v) is 11.2. The van der Waals surface area contributed by atoms with Gasteiger partial charge in [0.05, 0.1) is 32.5 Å². The van der Waals surface area contributed by atoms with Gasteiger partial charge in [-0.1, -0.05) is 18.2 Å². The van der Waals surface area contributed by atoms with Crippen LogP contribution in [0.1, 0.15) is 66.2 Å². The maximum absolute atomic E-state index is 14.4. The quantitative estimate of drug-likeness (QED) is 0.156. The van der Waals surface area contributed by atoms with E-state index in [9.17, 15) is 21.6 Å². The summed E-state index contributed by atoms with van der Waals surface area (Å²) < 4.78 is 87.8. The SMILES string of the molecule is COc1ccc(CN(c2ccncn2)S(=O)(=O)c2cnc(O[C@H]3CC[C@H](c4cccc(C(F)(F)F)c4)C[C@@H]3N(C)C)c(C3CC3)c2)c(OC)c1. The second-order valence-corrected chi connectivity index (χ2v) is 14.8. The van der Waals surface area contributed by atoms with Gasteiger partial charge in [-0.25, -0.2) is 27.7 Å². The number of halogens is 3. The summed E-state index contributed by atoms with van der Waals surface area (Å²) in [6, 6.07) is 13.8. The first-order valence-corrected chi connectivity index (χ1v) is 17.8. The second kappa shape index (κ2) is 14.4. The van der Waals surface area contributed by atoms with Crippen LogP contribution in [0.5, 0.6) is 17.4 Å². The van der Waals surface area contributed by atoms with E-state index in [0.29, 0.717) is 53.3 Å². The van der Waals surface area contributed by atoms with Gasteiger partial charge < -0.3 is 19.1 Å². The lowest BCUT2D eigenvalue weighted by Gasteiger charge is -2.40. The van der Waals surface area contributed by atoms with Gasteiger partial charge in [0.25, 0.3) is 10.0 Å². The van der Waals surface area contributed by atoms with Crippen LogP contribution in [0.2, 0.25) is 0 Å². The van der Waals surface area contributed by atoms with Crippen molar-refractivity contribution < 1.29 is 35.8 Å². The maximum atomic E-state index is 14.4. The number of methoxy groups -OCH3 is 2. The van der Waals surface area contributed by atoms with Crippen molar-refractivity contribution in [1.82, 2.24) is 19.9 Å². The molecule has 0 saturated heterocycles. The molecule has 14 heteroatoms. The molecule has 0 radical (unpaired) electrons. The molecule has 2 fully saturated rings. The van der Waals surface area contributed by atoms with Crippen LogP contribution in [0.4, 0.5) is 19.0 Å². The molecular formula is C36H40F3N5O5S. The molecule has 10 nitrogen and oxygen atoms in total. The number of hydrogen-bond donors (Lipinski definition) is 0. The van der Waals surface area contributed by atoms with Gasteiger partial charge in [0.1, 0.15) is 34.6 Å². The highest BCUT2D eigenvalue weighted by molar-refractivity contribution is 7.92. The van der Waals surface area contributed by atoms with Gasteiger partial charge in [-0.3, -0.25) is 0 Å². The summed E-state index contributed by atoms with van der Waals surface area (Å²) in [6.07, 6.45) is 2.97. The number of nitrogens with zero attached hydrogens (tertiary/aromatic N) is 5. The van der Waals surface area contributed by atoms with Crippen molar-refractivity contribution >= 4 is 15.8 Å². The minimum atomic E-state index is -4.41. The van der Waals surface area contributed by atoms with Crippen LogP contribution < -0.4 is 18.5 Å². The number of alkyl halides is 3. The average molecular weight is 712 g/mol. The molecule has 3 atom stereocenters. The van der Waals surface area contributed by atoms with Crippen molar-refractivity contribution in [2.24, 2.45) is 0 Å². The highest BCUT2D eigenvalue weighted by Crippen LogP contribution is 2.46. The predicted octanol–water partition coefficient (Wildman–Crippen LogP) is 6.83. The van der Waals surface area contributed by atoms with E-state index in [-0.39, 0.29) is 41.2 Å². The highest BCUT2D eigenvalue weighted by atomic mass is 32.2. The molecule has 2 aromatic heterocycles. The molecule has 2 saturated carbocycles. The molecule has 50 heavy (non-hydrogen) atoms. The zero-order valence-electron chi connectivity index (χ0n) is 28.3. The zero-order valence-corrected chi connectivity index (χ0v) is 29.1. The number of rotatable bonds is 12. The number of hydrogen-bond acceptors (Lipinski definition) is 9. The number of aromatic nitrogens is 3. The van der Waals surface area contributed by atoms with Gasteiger partial charge in [0.2, 0.25) is 5.88 Å². The van der Waals surface area contributed by atoms with Gasteiger partial charge in [0.15, 0.2) is 0 Å². The van der Waals surface area contributed by atoms with Crippen molar-refractivity contribution in [2.75, 3.05) is 32.6 Å². The van der Waals surface area contributed by atoms with Crippen LogP contribution >= 0.6 is 0 Å². The molecule has 0 spiro atoms. The monoisotopic (exact) mass is 711 g/mol. The Bertz CT molecular complexity index is 1910. The van der Waals surface area contributed by atoms with Crippen LogP contribution in [0.3, 0.4) is 0 Å². The van der Waals surface area contributed by atoms with Crippen molar-refractivity contribution in [1.29, 1.82) is 0 Å². The molecule has 2 aromatic carbocycles. The minimum absolute atomic E-state index is 0.00439. The van der Waals surface area contributed by atoms with Gasteiger partial charge in [-0.15, -0.1) is 0 Å². The van der Waals surface area contributed by atoms with E-state index in [4.69, 9.17) is 14.2 Å². The lowest BCUT2D eigenvalue weighted by atomic mass is 9.79. The Morgan fingerprint density at radius 1 is 0.920 bits per heavy atom. The molecule has 2 aliphatic carbocycles. The third-order valence-electron chi connectivity index (χ3n) is 9.46. The van der Waals surface area contributed by atoms with E-state index in [0.717, 1.165) is 18.9 Å².